The molecule has 5 N–H and O–H groups in total. The molecule has 0 atom stereocenters. The van der Waals surface area contributed by atoms with Crippen molar-refractivity contribution in [1.29, 1.82) is 10.5 Å². The molecule has 23 heteroatoms. The van der Waals surface area contributed by atoms with E-state index in [9.17, 15) is 10.5 Å². The first-order chi connectivity index (χ1) is 40.2. The summed E-state index contributed by atoms with van der Waals surface area (Å²) in [6.45, 7) is 10.5. The van der Waals surface area contributed by atoms with Crippen LogP contribution in [0.3, 0.4) is 0 Å². The predicted molar refractivity (Wildman–Crippen MR) is 310 cm³/mol. The molecule has 82 heavy (non-hydrogen) atoms. The number of fused-ring (bicyclic) bond motifs is 2. The van der Waals surface area contributed by atoms with E-state index in [0.29, 0.717) is 40.0 Å². The van der Waals surface area contributed by atoms with Crippen molar-refractivity contribution in [1.82, 2.24) is 68.9 Å². The molecule has 3 aliphatic rings. The number of aromatic amines is 1. The van der Waals surface area contributed by atoms with E-state index in [2.05, 4.69) is 104 Å². The maximum atomic E-state index is 9.92. The number of aromatic nitrogens is 12. The number of nitrogens with one attached hydrogen (secondary N) is 1. The Bertz CT molecular complexity index is 3900. The van der Waals surface area contributed by atoms with Gasteiger partial charge in [0.15, 0.2) is 11.6 Å². The van der Waals surface area contributed by atoms with Crippen LogP contribution in [-0.2, 0) is 17.8 Å². The highest BCUT2D eigenvalue weighted by Crippen LogP contribution is 2.37. The second kappa shape index (κ2) is 23.4. The zero-order valence-corrected chi connectivity index (χ0v) is 45.5. The molecule has 414 valence electrons. The third-order valence-electron chi connectivity index (χ3n) is 15.4. The van der Waals surface area contributed by atoms with Crippen LogP contribution in [0.5, 0.6) is 11.8 Å². The molecule has 0 aromatic carbocycles. The minimum absolute atomic E-state index is 0.200. The van der Waals surface area contributed by atoms with Gasteiger partial charge >= 0.3 is 0 Å². The van der Waals surface area contributed by atoms with E-state index in [0.717, 1.165) is 148 Å². The van der Waals surface area contributed by atoms with Crippen molar-refractivity contribution in [2.75, 3.05) is 101 Å². The molecule has 23 nitrogen and oxygen atoms in total. The topological polar surface area (TPSA) is 273 Å². The van der Waals surface area contributed by atoms with Gasteiger partial charge in [0.05, 0.1) is 43.7 Å². The molecule has 0 spiro atoms. The Hall–Kier alpha value is -9.94. The summed E-state index contributed by atoms with van der Waals surface area (Å²) in [5, 5.41) is 40.1. The van der Waals surface area contributed by atoms with E-state index in [-0.39, 0.29) is 11.6 Å². The second-order valence-corrected chi connectivity index (χ2v) is 20.4. The van der Waals surface area contributed by atoms with Crippen molar-refractivity contribution in [2.24, 2.45) is 0 Å². The highest BCUT2D eigenvalue weighted by Gasteiger charge is 2.24. The number of nitriles is 2. The molecule has 3 fully saturated rings. The SMILES string of the molecule is COc1ccc(CN2CCN(c3ccc(-c4cc(-c5cn[nH]c5)cn5nc(N)c(C#N)c45)cn3)CC2)cn1.COc1ccc(CN2CCN(c3ccc(-c4cc(-c5cnn(C6CCOCC6)c5)cn5nc(N)c(C#N)c45)cn3)CC2)cn1. The van der Waals surface area contributed by atoms with Crippen LogP contribution in [0.4, 0.5) is 23.3 Å². The number of pyridine rings is 6. The summed E-state index contributed by atoms with van der Waals surface area (Å²) >= 11 is 0. The van der Waals surface area contributed by atoms with Gasteiger partial charge in [0, 0.05) is 185 Å². The molecule has 0 aliphatic carbocycles. The zero-order chi connectivity index (χ0) is 56.1. The molecule has 3 saturated heterocycles. The van der Waals surface area contributed by atoms with Crippen LogP contribution in [-0.4, -0.2) is 149 Å². The van der Waals surface area contributed by atoms with Crippen LogP contribution in [0, 0.1) is 22.7 Å². The predicted octanol–water partition coefficient (Wildman–Crippen LogP) is 6.76. The summed E-state index contributed by atoms with van der Waals surface area (Å²) in [5.74, 6) is 3.51. The zero-order valence-electron chi connectivity index (χ0n) is 45.5. The number of rotatable bonds is 13. The normalized spacial score (nSPS) is 15.3. The number of nitrogens with zero attached hydrogens (tertiary/aromatic N) is 17. The number of hydrogen-bond donors (Lipinski definition) is 3. The van der Waals surface area contributed by atoms with Gasteiger partial charge in [0.2, 0.25) is 11.8 Å². The van der Waals surface area contributed by atoms with Gasteiger partial charge in [-0.05, 0) is 60.4 Å². The summed E-state index contributed by atoms with van der Waals surface area (Å²) in [6.07, 6.45) is 20.6. The largest absolute Gasteiger partial charge is 0.481 e. The lowest BCUT2D eigenvalue weighted by atomic mass is 10.0. The van der Waals surface area contributed by atoms with E-state index < -0.39 is 0 Å². The molecule has 3 aliphatic heterocycles. The first kappa shape index (κ1) is 52.7. The summed E-state index contributed by atoms with van der Waals surface area (Å²) in [4.78, 5) is 27.7. The van der Waals surface area contributed by atoms with Gasteiger partial charge in [0.1, 0.15) is 34.9 Å². The fourth-order valence-electron chi connectivity index (χ4n) is 10.9. The first-order valence-corrected chi connectivity index (χ1v) is 27.1. The summed E-state index contributed by atoms with van der Waals surface area (Å²) < 4.78 is 21.2. The molecular weight excluding hydrogens is 1040 g/mol. The van der Waals surface area contributed by atoms with Crippen LogP contribution in [0.2, 0.25) is 0 Å². The minimum Gasteiger partial charge on any atom is -0.481 e. The van der Waals surface area contributed by atoms with E-state index in [1.54, 1.807) is 29.4 Å². The van der Waals surface area contributed by atoms with Gasteiger partial charge in [-0.25, -0.2) is 29.0 Å². The van der Waals surface area contributed by atoms with E-state index in [1.807, 2.05) is 84.6 Å². The van der Waals surface area contributed by atoms with Crippen molar-refractivity contribution in [2.45, 2.75) is 32.0 Å². The van der Waals surface area contributed by atoms with Gasteiger partial charge in [-0.2, -0.15) is 20.7 Å². The third kappa shape index (κ3) is 11.0. The Morgan fingerprint density at radius 3 is 1.51 bits per heavy atom. The molecule has 0 saturated carbocycles. The summed E-state index contributed by atoms with van der Waals surface area (Å²) in [7, 11) is 3.25. The summed E-state index contributed by atoms with van der Waals surface area (Å²) in [5.41, 5.74) is 23.8. The van der Waals surface area contributed by atoms with Crippen LogP contribution < -0.4 is 30.7 Å². The fourth-order valence-corrected chi connectivity index (χ4v) is 10.9. The Kier molecular flexibility index (Phi) is 15.1. The molecule has 10 aromatic rings. The molecule has 0 unspecified atom stereocenters. The number of piperazine rings is 2. The van der Waals surface area contributed by atoms with Crippen LogP contribution in [0.1, 0.15) is 41.1 Å². The lowest BCUT2D eigenvalue weighted by Crippen LogP contribution is -2.46. The molecule has 0 radical (unpaired) electrons. The number of H-pyrrole nitrogens is 1. The molecule has 13 rings (SSSR count). The number of anilines is 4. The van der Waals surface area contributed by atoms with Crippen molar-refractivity contribution in [3.05, 3.63) is 145 Å². The molecule has 0 bridgehead atoms. The number of methoxy groups -OCH3 is 2. The Morgan fingerprint density at radius 2 is 1.09 bits per heavy atom. The number of nitrogens with two attached hydrogens (primary N) is 2. The van der Waals surface area contributed by atoms with Crippen molar-refractivity contribution < 1.29 is 14.2 Å². The van der Waals surface area contributed by atoms with E-state index >= 15 is 0 Å². The van der Waals surface area contributed by atoms with Crippen LogP contribution >= 0.6 is 0 Å². The quantitative estimate of drug-likeness (QED) is 0.108. The number of ether oxygens (including phenoxy) is 3. The Balaban J connectivity index is 0.000000164. The lowest BCUT2D eigenvalue weighted by Gasteiger charge is -2.35. The molecular formula is C59H60N20O3. The van der Waals surface area contributed by atoms with Crippen LogP contribution in [0.25, 0.3) is 55.5 Å². The fraction of sp³-hybridized carbons (Fsp3) is 0.288. The van der Waals surface area contributed by atoms with Crippen molar-refractivity contribution in [3.63, 3.8) is 0 Å². The van der Waals surface area contributed by atoms with Gasteiger partial charge < -0.3 is 35.5 Å². The first-order valence-electron chi connectivity index (χ1n) is 27.1. The highest BCUT2D eigenvalue weighted by atomic mass is 16.5. The maximum absolute atomic E-state index is 9.92. The Morgan fingerprint density at radius 1 is 0.573 bits per heavy atom. The van der Waals surface area contributed by atoms with Gasteiger partial charge in [-0.1, -0.05) is 12.1 Å². The lowest BCUT2D eigenvalue weighted by molar-refractivity contribution is 0.0662. The molecule has 13 heterocycles. The van der Waals surface area contributed by atoms with Crippen molar-refractivity contribution >= 4 is 34.3 Å². The van der Waals surface area contributed by atoms with Crippen molar-refractivity contribution in [3.8, 4) is 68.4 Å². The second-order valence-electron chi connectivity index (χ2n) is 20.4. The highest BCUT2D eigenvalue weighted by molar-refractivity contribution is 5.91. The van der Waals surface area contributed by atoms with Gasteiger partial charge in [-0.3, -0.25) is 19.6 Å². The van der Waals surface area contributed by atoms with Crippen LogP contribution in [0.15, 0.2) is 123 Å². The van der Waals surface area contributed by atoms with Gasteiger partial charge in [-0.15, -0.1) is 10.2 Å². The average Bonchev–Trinajstić information content (AvgIpc) is 4.40. The Labute approximate surface area is 472 Å². The summed E-state index contributed by atoms with van der Waals surface area (Å²) in [6, 6.07) is 25.0. The monoisotopic (exact) mass is 1100 g/mol. The smallest absolute Gasteiger partial charge is 0.212 e. The van der Waals surface area contributed by atoms with E-state index in [4.69, 9.17) is 35.6 Å². The van der Waals surface area contributed by atoms with Gasteiger partial charge in [0.25, 0.3) is 0 Å². The number of nitrogen functional groups attached to an aromatic ring is 2. The number of hydrogen-bond acceptors (Lipinski definition) is 19. The third-order valence-corrected chi connectivity index (χ3v) is 15.4. The standard InChI is InChI=1S/C32H34N10O2.C27H26N10O/c1-43-30-5-2-22(16-36-30)19-39-8-10-40(11-9-39)29-4-3-23(17-35-29)27-14-24(20-42-31(27)28(15-33)32(34)38-42)25-18-37-41(21-25)26-6-12-44-13-7-26;1-38-25-5-2-18(12-31-25)16-35-6-8-36(9-7-35)24-4-3-19(13-30-24)22-10-20(21-14-32-33-15-21)17-37-26(22)23(11-28)27(29)34-37/h2-5,14,16-18,20-21,26H,6-13,19H2,1H3,(H2,34,38);2-5,10,12-15,17H,6-9,16H2,1H3,(H2,29,34)(H,32,33). The van der Waals surface area contributed by atoms with E-state index in [1.165, 1.54) is 11.1 Å². The minimum atomic E-state index is 0.200. The average molecular weight is 1100 g/mol. The maximum Gasteiger partial charge on any atom is 0.212 e. The molecule has 0 amide bonds. The molecule has 10 aromatic heterocycles.